The van der Waals surface area contributed by atoms with Gasteiger partial charge in [0.05, 0.1) is 16.9 Å². The van der Waals surface area contributed by atoms with Crippen molar-refractivity contribution in [2.45, 2.75) is 44.3 Å². The topological polar surface area (TPSA) is 78.1 Å². The van der Waals surface area contributed by atoms with Gasteiger partial charge in [-0.25, -0.2) is 0 Å². The number of halogens is 3. The molecule has 1 aliphatic carbocycles. The van der Waals surface area contributed by atoms with E-state index in [0.717, 1.165) is 25.3 Å². The second kappa shape index (κ2) is 5.16. The SMILES string of the molecule is CC1CC(N)CC(c2ccc(C(F)(F)F)c(N)c2N)C1. The van der Waals surface area contributed by atoms with E-state index in [0.29, 0.717) is 11.5 Å². The molecule has 1 aromatic carbocycles. The lowest BCUT2D eigenvalue weighted by Crippen LogP contribution is -2.31. The molecule has 2 rings (SSSR count). The number of anilines is 2. The van der Waals surface area contributed by atoms with Gasteiger partial charge in [-0.3, -0.25) is 0 Å². The summed E-state index contributed by atoms with van der Waals surface area (Å²) in [5.41, 5.74) is 16.9. The molecule has 112 valence electrons. The van der Waals surface area contributed by atoms with Gasteiger partial charge in [-0.2, -0.15) is 13.2 Å². The summed E-state index contributed by atoms with van der Waals surface area (Å²) in [7, 11) is 0. The highest BCUT2D eigenvalue weighted by molar-refractivity contribution is 5.72. The Kier molecular flexibility index (Phi) is 3.86. The number of hydrogen-bond acceptors (Lipinski definition) is 3. The van der Waals surface area contributed by atoms with Crippen LogP contribution in [0.25, 0.3) is 0 Å². The minimum atomic E-state index is -4.48. The predicted molar refractivity (Wildman–Crippen MR) is 74.0 cm³/mol. The number of hydrogen-bond donors (Lipinski definition) is 3. The maximum Gasteiger partial charge on any atom is 0.418 e. The molecular formula is C14H20F3N3. The van der Waals surface area contributed by atoms with Gasteiger partial charge in [0.15, 0.2) is 0 Å². The Balaban J connectivity index is 2.37. The molecule has 0 aromatic heterocycles. The lowest BCUT2D eigenvalue weighted by molar-refractivity contribution is -0.136. The smallest absolute Gasteiger partial charge is 0.397 e. The van der Waals surface area contributed by atoms with Crippen molar-refractivity contribution in [1.82, 2.24) is 0 Å². The number of nitrogens with two attached hydrogens (primary N) is 3. The fourth-order valence-electron chi connectivity index (χ4n) is 3.17. The van der Waals surface area contributed by atoms with Crippen molar-refractivity contribution in [1.29, 1.82) is 0 Å². The molecule has 1 aliphatic rings. The maximum absolute atomic E-state index is 12.8. The van der Waals surface area contributed by atoms with Crippen LogP contribution in [0, 0.1) is 5.92 Å². The van der Waals surface area contributed by atoms with Gasteiger partial charge in [-0.05, 0) is 42.7 Å². The van der Waals surface area contributed by atoms with Crippen LogP contribution in [-0.4, -0.2) is 6.04 Å². The van der Waals surface area contributed by atoms with Gasteiger partial charge < -0.3 is 17.2 Å². The molecule has 0 radical (unpaired) electrons. The molecule has 0 saturated heterocycles. The molecule has 1 saturated carbocycles. The number of benzene rings is 1. The van der Waals surface area contributed by atoms with Crippen LogP contribution >= 0.6 is 0 Å². The molecule has 6 N–H and O–H groups in total. The molecule has 0 heterocycles. The number of nitrogen functional groups attached to an aromatic ring is 2. The Hall–Kier alpha value is -1.43. The average Bonchev–Trinajstić information content (AvgIpc) is 2.29. The van der Waals surface area contributed by atoms with Crippen molar-refractivity contribution in [2.75, 3.05) is 11.5 Å². The molecule has 0 bridgehead atoms. The summed E-state index contributed by atoms with van der Waals surface area (Å²) in [5.74, 6) is 0.519. The second-order valence-corrected chi connectivity index (χ2v) is 5.80. The van der Waals surface area contributed by atoms with Crippen molar-refractivity contribution >= 4 is 11.4 Å². The molecule has 3 atom stereocenters. The molecule has 1 fully saturated rings. The zero-order valence-corrected chi connectivity index (χ0v) is 11.4. The van der Waals surface area contributed by atoms with E-state index in [9.17, 15) is 13.2 Å². The van der Waals surface area contributed by atoms with Crippen LogP contribution in [0.4, 0.5) is 24.5 Å². The molecule has 20 heavy (non-hydrogen) atoms. The van der Waals surface area contributed by atoms with Gasteiger partial charge in [-0.1, -0.05) is 13.0 Å². The molecule has 6 heteroatoms. The minimum absolute atomic E-state index is 0.0473. The van der Waals surface area contributed by atoms with Gasteiger partial charge in [0.25, 0.3) is 0 Å². The van der Waals surface area contributed by atoms with Crippen molar-refractivity contribution in [3.63, 3.8) is 0 Å². The quantitative estimate of drug-likeness (QED) is 0.694. The van der Waals surface area contributed by atoms with E-state index in [1.165, 1.54) is 6.07 Å². The van der Waals surface area contributed by atoms with Crippen LogP contribution in [0.5, 0.6) is 0 Å². The highest BCUT2D eigenvalue weighted by Crippen LogP contribution is 2.43. The number of alkyl halides is 3. The minimum Gasteiger partial charge on any atom is -0.397 e. The Morgan fingerprint density at radius 2 is 1.70 bits per heavy atom. The first-order valence-electron chi connectivity index (χ1n) is 6.70. The molecule has 3 nitrogen and oxygen atoms in total. The van der Waals surface area contributed by atoms with E-state index in [2.05, 4.69) is 6.92 Å². The molecule has 0 amide bonds. The molecule has 0 spiro atoms. The van der Waals surface area contributed by atoms with Crippen LogP contribution in [0.1, 0.15) is 43.2 Å². The lowest BCUT2D eigenvalue weighted by Gasteiger charge is -2.32. The van der Waals surface area contributed by atoms with E-state index in [4.69, 9.17) is 17.2 Å². The normalized spacial score (nSPS) is 27.6. The Labute approximate surface area is 116 Å². The van der Waals surface area contributed by atoms with E-state index in [1.807, 2.05) is 0 Å². The monoisotopic (exact) mass is 287 g/mol. The van der Waals surface area contributed by atoms with Crippen LogP contribution in [0.2, 0.25) is 0 Å². The summed E-state index contributed by atoms with van der Waals surface area (Å²) in [6, 6.07) is 2.53. The van der Waals surface area contributed by atoms with Crippen molar-refractivity contribution < 1.29 is 13.2 Å². The maximum atomic E-state index is 12.8. The summed E-state index contributed by atoms with van der Waals surface area (Å²) in [4.78, 5) is 0. The standard InChI is InChI=1S/C14H20F3N3/c1-7-4-8(6-9(18)5-7)10-2-3-11(14(15,16)17)13(20)12(10)19/h2-3,7-9H,4-6,18-20H2,1H3. The third-order valence-electron chi connectivity index (χ3n) is 4.05. The van der Waals surface area contributed by atoms with Gasteiger partial charge in [0, 0.05) is 6.04 Å². The summed E-state index contributed by atoms with van der Waals surface area (Å²) in [6.45, 7) is 2.09. The van der Waals surface area contributed by atoms with Gasteiger partial charge >= 0.3 is 6.18 Å². The van der Waals surface area contributed by atoms with Crippen molar-refractivity contribution in [2.24, 2.45) is 11.7 Å². The fraction of sp³-hybridized carbons (Fsp3) is 0.571. The first-order valence-corrected chi connectivity index (χ1v) is 6.70. The van der Waals surface area contributed by atoms with Gasteiger partial charge in [-0.15, -0.1) is 0 Å². The third kappa shape index (κ3) is 2.85. The zero-order valence-electron chi connectivity index (χ0n) is 11.4. The molecule has 1 aromatic rings. The summed E-state index contributed by atoms with van der Waals surface area (Å²) in [6.07, 6.45) is -1.93. The van der Waals surface area contributed by atoms with Crippen molar-refractivity contribution in [3.05, 3.63) is 23.3 Å². The van der Waals surface area contributed by atoms with E-state index in [1.54, 1.807) is 0 Å². The highest BCUT2D eigenvalue weighted by Gasteiger charge is 2.35. The molecule has 3 unspecified atom stereocenters. The zero-order chi connectivity index (χ0) is 15.1. The van der Waals surface area contributed by atoms with Crippen LogP contribution in [-0.2, 0) is 6.18 Å². The van der Waals surface area contributed by atoms with E-state index in [-0.39, 0.29) is 23.3 Å². The highest BCUT2D eigenvalue weighted by atomic mass is 19.4. The molecular weight excluding hydrogens is 267 g/mol. The van der Waals surface area contributed by atoms with Crippen LogP contribution < -0.4 is 17.2 Å². The fourth-order valence-corrected chi connectivity index (χ4v) is 3.17. The number of rotatable bonds is 1. The lowest BCUT2D eigenvalue weighted by atomic mass is 9.76. The van der Waals surface area contributed by atoms with Crippen LogP contribution in [0.15, 0.2) is 12.1 Å². The first-order chi connectivity index (χ1) is 9.20. The van der Waals surface area contributed by atoms with Gasteiger partial charge in [0.2, 0.25) is 0 Å². The Morgan fingerprint density at radius 1 is 1.05 bits per heavy atom. The van der Waals surface area contributed by atoms with Gasteiger partial charge in [0.1, 0.15) is 0 Å². The summed E-state index contributed by atoms with van der Waals surface area (Å²) >= 11 is 0. The summed E-state index contributed by atoms with van der Waals surface area (Å²) < 4.78 is 38.3. The second-order valence-electron chi connectivity index (χ2n) is 5.80. The first kappa shape index (κ1) is 15.0. The van der Waals surface area contributed by atoms with E-state index < -0.39 is 11.7 Å². The van der Waals surface area contributed by atoms with E-state index >= 15 is 0 Å². The average molecular weight is 287 g/mol. The predicted octanol–water partition coefficient (Wildman–Crippen LogP) is 3.10. The Morgan fingerprint density at radius 3 is 2.25 bits per heavy atom. The molecule has 0 aliphatic heterocycles. The third-order valence-corrected chi connectivity index (χ3v) is 4.05. The van der Waals surface area contributed by atoms with Crippen molar-refractivity contribution in [3.8, 4) is 0 Å². The summed E-state index contributed by atoms with van der Waals surface area (Å²) in [5, 5.41) is 0. The largest absolute Gasteiger partial charge is 0.418 e. The van der Waals surface area contributed by atoms with Crippen LogP contribution in [0.3, 0.4) is 0 Å². The Bertz CT molecular complexity index is 489.